The van der Waals surface area contributed by atoms with Crippen LogP contribution in [0.2, 0.25) is 0 Å². The van der Waals surface area contributed by atoms with E-state index in [4.69, 9.17) is 13.6 Å². The fourth-order valence-corrected chi connectivity index (χ4v) is 3.56. The third kappa shape index (κ3) is 3.87. The number of esters is 1. The highest BCUT2D eigenvalue weighted by molar-refractivity contribution is 8.00. The molecule has 0 fully saturated rings. The van der Waals surface area contributed by atoms with Crippen LogP contribution in [-0.4, -0.2) is 34.4 Å². The molecule has 3 heterocycles. The van der Waals surface area contributed by atoms with Gasteiger partial charge in [0, 0.05) is 11.4 Å². The van der Waals surface area contributed by atoms with Gasteiger partial charge in [0.25, 0.3) is 11.8 Å². The quantitative estimate of drug-likeness (QED) is 0.597. The van der Waals surface area contributed by atoms with Crippen LogP contribution < -0.4 is 4.90 Å². The van der Waals surface area contributed by atoms with Crippen molar-refractivity contribution in [3.8, 4) is 11.7 Å². The van der Waals surface area contributed by atoms with E-state index in [0.717, 1.165) is 10.6 Å². The number of fused-ring (bicyclic) bond motifs is 1. The van der Waals surface area contributed by atoms with E-state index in [9.17, 15) is 9.59 Å². The molecule has 0 saturated heterocycles. The van der Waals surface area contributed by atoms with E-state index in [1.807, 2.05) is 24.3 Å². The van der Waals surface area contributed by atoms with E-state index in [-0.39, 0.29) is 37.3 Å². The molecule has 1 aromatic carbocycles. The summed E-state index contributed by atoms with van der Waals surface area (Å²) in [6.45, 7) is 0.129. The summed E-state index contributed by atoms with van der Waals surface area (Å²) < 4.78 is 15.7. The van der Waals surface area contributed by atoms with Gasteiger partial charge in [0.15, 0.2) is 12.4 Å². The van der Waals surface area contributed by atoms with E-state index < -0.39 is 5.97 Å². The Morgan fingerprint density at radius 3 is 2.96 bits per heavy atom. The van der Waals surface area contributed by atoms with Crippen LogP contribution in [0.3, 0.4) is 0 Å². The summed E-state index contributed by atoms with van der Waals surface area (Å²) in [5.41, 5.74) is 0.826. The molecule has 0 bridgehead atoms. The molecule has 1 aliphatic rings. The standard InChI is InChI=1S/C18H15N3O5S/c22-16-11-27-14-6-2-1-4-12(14)21(16)8-7-17(23)25-10-15-19-20-18(26-15)13-5-3-9-24-13/h1-6,9H,7-8,10-11H2. The molecule has 9 heteroatoms. The fraction of sp³-hybridized carbons (Fsp3) is 0.222. The van der Waals surface area contributed by atoms with Gasteiger partial charge in [-0.2, -0.15) is 0 Å². The maximum absolute atomic E-state index is 12.2. The zero-order valence-electron chi connectivity index (χ0n) is 14.2. The molecule has 1 amide bonds. The monoisotopic (exact) mass is 385 g/mol. The molecule has 2 aromatic heterocycles. The van der Waals surface area contributed by atoms with E-state index in [0.29, 0.717) is 11.5 Å². The second-order valence-electron chi connectivity index (χ2n) is 5.69. The lowest BCUT2D eigenvalue weighted by atomic mass is 10.2. The van der Waals surface area contributed by atoms with Gasteiger partial charge in [0.2, 0.25) is 5.91 Å². The number of carbonyl (C=O) groups is 2. The van der Waals surface area contributed by atoms with Gasteiger partial charge in [-0.05, 0) is 24.3 Å². The maximum Gasteiger partial charge on any atom is 0.308 e. The van der Waals surface area contributed by atoms with Gasteiger partial charge in [0.1, 0.15) is 0 Å². The number of rotatable bonds is 6. The number of amides is 1. The van der Waals surface area contributed by atoms with Crippen LogP contribution in [-0.2, 0) is 20.9 Å². The van der Waals surface area contributed by atoms with Gasteiger partial charge in [-0.3, -0.25) is 9.59 Å². The molecule has 1 aliphatic heterocycles. The normalized spacial score (nSPS) is 13.5. The molecule has 0 saturated carbocycles. The van der Waals surface area contributed by atoms with Gasteiger partial charge in [0.05, 0.1) is 24.1 Å². The van der Waals surface area contributed by atoms with Crippen LogP contribution in [0.1, 0.15) is 12.3 Å². The number of carbonyl (C=O) groups excluding carboxylic acids is 2. The van der Waals surface area contributed by atoms with Crippen LogP contribution >= 0.6 is 11.8 Å². The molecular formula is C18H15N3O5S. The largest absolute Gasteiger partial charge is 0.459 e. The fourth-order valence-electron chi connectivity index (χ4n) is 2.63. The lowest BCUT2D eigenvalue weighted by molar-refractivity contribution is -0.145. The highest BCUT2D eigenvalue weighted by Crippen LogP contribution is 2.34. The third-order valence-corrected chi connectivity index (χ3v) is 4.95. The minimum Gasteiger partial charge on any atom is -0.459 e. The molecular weight excluding hydrogens is 370 g/mol. The average molecular weight is 385 g/mol. The third-order valence-electron chi connectivity index (χ3n) is 3.90. The molecule has 0 aliphatic carbocycles. The van der Waals surface area contributed by atoms with Crippen LogP contribution in [0.5, 0.6) is 0 Å². The molecule has 0 N–H and O–H groups in total. The summed E-state index contributed by atoms with van der Waals surface area (Å²) in [5, 5.41) is 7.65. The van der Waals surface area contributed by atoms with Gasteiger partial charge >= 0.3 is 5.97 Å². The van der Waals surface area contributed by atoms with Crippen molar-refractivity contribution < 1.29 is 23.2 Å². The van der Waals surface area contributed by atoms with Crippen molar-refractivity contribution in [2.75, 3.05) is 17.2 Å². The summed E-state index contributed by atoms with van der Waals surface area (Å²) in [6, 6.07) is 11.0. The number of aromatic nitrogens is 2. The first-order valence-electron chi connectivity index (χ1n) is 8.25. The highest BCUT2D eigenvalue weighted by atomic mass is 32.2. The second-order valence-corrected chi connectivity index (χ2v) is 6.71. The Labute approximate surface area is 158 Å². The van der Waals surface area contributed by atoms with Crippen molar-refractivity contribution in [1.82, 2.24) is 10.2 Å². The topological polar surface area (TPSA) is 98.7 Å². The number of para-hydroxylation sites is 1. The first-order chi connectivity index (χ1) is 13.2. The van der Waals surface area contributed by atoms with Crippen LogP contribution in [0, 0.1) is 0 Å². The van der Waals surface area contributed by atoms with E-state index in [1.165, 1.54) is 18.0 Å². The average Bonchev–Trinajstić information content (AvgIpc) is 3.37. The highest BCUT2D eigenvalue weighted by Gasteiger charge is 2.25. The summed E-state index contributed by atoms with van der Waals surface area (Å²) in [7, 11) is 0. The SMILES string of the molecule is O=C(CCN1C(=O)CSc2ccccc21)OCc1nnc(-c2ccco2)o1. The Morgan fingerprint density at radius 1 is 1.22 bits per heavy atom. The molecule has 4 rings (SSSR count). The Balaban J connectivity index is 1.31. The summed E-state index contributed by atoms with van der Waals surface area (Å²) in [5.74, 6) is 0.733. The smallest absolute Gasteiger partial charge is 0.308 e. The predicted molar refractivity (Wildman–Crippen MR) is 95.9 cm³/mol. The second kappa shape index (κ2) is 7.67. The lowest BCUT2D eigenvalue weighted by Gasteiger charge is -2.28. The van der Waals surface area contributed by atoms with Crippen molar-refractivity contribution in [2.45, 2.75) is 17.9 Å². The Bertz CT molecular complexity index is 954. The summed E-state index contributed by atoms with van der Waals surface area (Å²) in [6.07, 6.45) is 1.57. The number of ether oxygens (including phenoxy) is 1. The molecule has 0 unspecified atom stereocenters. The van der Waals surface area contributed by atoms with Gasteiger partial charge < -0.3 is 18.5 Å². The first kappa shape index (κ1) is 17.3. The predicted octanol–water partition coefficient (Wildman–Crippen LogP) is 2.90. The van der Waals surface area contributed by atoms with Crippen molar-refractivity contribution >= 4 is 29.3 Å². The minimum absolute atomic E-state index is 0.0218. The van der Waals surface area contributed by atoms with Crippen molar-refractivity contribution in [1.29, 1.82) is 0 Å². The molecule has 0 spiro atoms. The van der Waals surface area contributed by atoms with Crippen LogP contribution in [0.4, 0.5) is 5.69 Å². The lowest BCUT2D eigenvalue weighted by Crippen LogP contribution is -2.37. The number of benzene rings is 1. The Kier molecular flexibility index (Phi) is 4.93. The Morgan fingerprint density at radius 2 is 2.11 bits per heavy atom. The van der Waals surface area contributed by atoms with E-state index >= 15 is 0 Å². The van der Waals surface area contributed by atoms with Gasteiger partial charge in [-0.15, -0.1) is 22.0 Å². The summed E-state index contributed by atoms with van der Waals surface area (Å²) >= 11 is 1.50. The number of furan rings is 1. The van der Waals surface area contributed by atoms with Crippen molar-refractivity contribution in [3.05, 3.63) is 48.6 Å². The zero-order valence-corrected chi connectivity index (χ0v) is 15.0. The molecule has 27 heavy (non-hydrogen) atoms. The molecule has 8 nitrogen and oxygen atoms in total. The molecule has 3 aromatic rings. The van der Waals surface area contributed by atoms with Gasteiger partial charge in [-0.25, -0.2) is 0 Å². The van der Waals surface area contributed by atoms with E-state index in [2.05, 4.69) is 10.2 Å². The molecule has 0 atom stereocenters. The van der Waals surface area contributed by atoms with E-state index in [1.54, 1.807) is 17.0 Å². The molecule has 138 valence electrons. The minimum atomic E-state index is -0.448. The van der Waals surface area contributed by atoms with Gasteiger partial charge in [-0.1, -0.05) is 12.1 Å². The zero-order chi connectivity index (χ0) is 18.6. The summed E-state index contributed by atoms with van der Waals surface area (Å²) in [4.78, 5) is 26.9. The number of hydrogen-bond donors (Lipinski definition) is 0. The number of thioether (sulfide) groups is 1. The molecule has 0 radical (unpaired) electrons. The number of anilines is 1. The number of nitrogens with zero attached hydrogens (tertiary/aromatic N) is 3. The maximum atomic E-state index is 12.2. The first-order valence-corrected chi connectivity index (χ1v) is 9.23. The number of hydrogen-bond acceptors (Lipinski definition) is 8. The van der Waals surface area contributed by atoms with Crippen LogP contribution in [0.15, 0.2) is 56.4 Å². The van der Waals surface area contributed by atoms with Crippen molar-refractivity contribution in [2.24, 2.45) is 0 Å². The Hall–Kier alpha value is -3.07. The van der Waals surface area contributed by atoms with Crippen LogP contribution in [0.25, 0.3) is 11.7 Å². The van der Waals surface area contributed by atoms with Crippen molar-refractivity contribution in [3.63, 3.8) is 0 Å².